The maximum Gasteiger partial charge on any atom is 0.255 e. The predicted molar refractivity (Wildman–Crippen MR) is 88.3 cm³/mol. The topological polar surface area (TPSA) is 66.5 Å². The van der Waals surface area contributed by atoms with Gasteiger partial charge >= 0.3 is 0 Å². The lowest BCUT2D eigenvalue weighted by Crippen LogP contribution is -2.47. The molecule has 2 amide bonds. The second-order valence-electron chi connectivity index (χ2n) is 6.26. The smallest absolute Gasteiger partial charge is 0.255 e. The molecule has 1 N–H and O–H groups in total. The van der Waals surface area contributed by atoms with Crippen LogP contribution in [0.15, 0.2) is 18.2 Å². The van der Waals surface area contributed by atoms with Gasteiger partial charge in [-0.3, -0.25) is 9.59 Å². The number of rotatable bonds is 6. The van der Waals surface area contributed by atoms with Gasteiger partial charge in [-0.05, 0) is 36.5 Å². The van der Waals surface area contributed by atoms with Crippen molar-refractivity contribution in [3.63, 3.8) is 0 Å². The Hall–Kier alpha value is -2.17. The molecule has 2 unspecified atom stereocenters. The van der Waals surface area contributed by atoms with E-state index >= 15 is 0 Å². The minimum absolute atomic E-state index is 0.137. The number of fused-ring (bicyclic) bond motifs is 1. The van der Waals surface area contributed by atoms with Gasteiger partial charge in [-0.25, -0.2) is 0 Å². The number of hydrogen-bond acceptors (Lipinski definition) is 3. The summed E-state index contributed by atoms with van der Waals surface area (Å²) >= 11 is 0. The number of benzene rings is 1. The lowest BCUT2D eigenvalue weighted by Gasteiger charge is -2.30. The minimum atomic E-state index is -0.623. The summed E-state index contributed by atoms with van der Waals surface area (Å²) < 4.78 is 0. The summed E-state index contributed by atoms with van der Waals surface area (Å²) in [5, 5.41) is 2.60. The molecule has 5 nitrogen and oxygen atoms in total. The molecule has 2 rings (SSSR count). The molecule has 5 heteroatoms. The quantitative estimate of drug-likeness (QED) is 0.820. The van der Waals surface area contributed by atoms with Gasteiger partial charge in [-0.2, -0.15) is 0 Å². The van der Waals surface area contributed by atoms with Crippen LogP contribution in [0.5, 0.6) is 0 Å². The van der Waals surface area contributed by atoms with Gasteiger partial charge in [0.1, 0.15) is 12.3 Å². The summed E-state index contributed by atoms with van der Waals surface area (Å²) in [6.45, 7) is 6.15. The molecule has 1 aromatic rings. The van der Waals surface area contributed by atoms with Crippen molar-refractivity contribution in [2.45, 2.75) is 51.6 Å². The van der Waals surface area contributed by atoms with Gasteiger partial charge in [0.25, 0.3) is 5.91 Å². The number of hydrogen-bond donors (Lipinski definition) is 1. The van der Waals surface area contributed by atoms with E-state index in [1.165, 1.54) is 5.56 Å². The molecule has 0 fully saturated rings. The van der Waals surface area contributed by atoms with E-state index in [-0.39, 0.29) is 24.3 Å². The Balaban J connectivity index is 2.38. The zero-order valence-electron chi connectivity index (χ0n) is 14.1. The lowest BCUT2D eigenvalue weighted by atomic mass is 9.96. The lowest BCUT2D eigenvalue weighted by molar-refractivity contribution is -0.126. The Labute approximate surface area is 137 Å². The van der Waals surface area contributed by atoms with Crippen molar-refractivity contribution < 1.29 is 14.4 Å². The van der Waals surface area contributed by atoms with E-state index in [1.54, 1.807) is 11.9 Å². The van der Waals surface area contributed by atoms with Crippen molar-refractivity contribution in [1.29, 1.82) is 0 Å². The van der Waals surface area contributed by atoms with Gasteiger partial charge in [-0.1, -0.05) is 26.0 Å². The van der Waals surface area contributed by atoms with Crippen LogP contribution in [-0.2, 0) is 9.59 Å². The number of carbonyl (C=O) groups is 3. The molecule has 1 aliphatic heterocycles. The number of amides is 2. The molecular weight excluding hydrogens is 292 g/mol. The Morgan fingerprint density at radius 2 is 2.09 bits per heavy atom. The Morgan fingerprint density at radius 1 is 1.39 bits per heavy atom. The first-order valence-corrected chi connectivity index (χ1v) is 8.04. The van der Waals surface area contributed by atoms with Gasteiger partial charge in [0.2, 0.25) is 5.91 Å². The first-order valence-electron chi connectivity index (χ1n) is 8.04. The van der Waals surface area contributed by atoms with Crippen LogP contribution in [0.25, 0.3) is 0 Å². The largest absolute Gasteiger partial charge is 0.357 e. The van der Waals surface area contributed by atoms with E-state index in [1.807, 2.05) is 19.1 Å². The van der Waals surface area contributed by atoms with Crippen molar-refractivity contribution >= 4 is 18.1 Å². The van der Waals surface area contributed by atoms with E-state index < -0.39 is 6.04 Å². The molecule has 0 bridgehead atoms. The van der Waals surface area contributed by atoms with E-state index in [0.29, 0.717) is 17.9 Å². The van der Waals surface area contributed by atoms with Gasteiger partial charge in [0, 0.05) is 19.0 Å². The Morgan fingerprint density at radius 3 is 2.65 bits per heavy atom. The molecule has 0 spiro atoms. The number of nitrogens with one attached hydrogen (secondary N) is 1. The normalized spacial score (nSPS) is 18.0. The first kappa shape index (κ1) is 17.2. The van der Waals surface area contributed by atoms with Crippen LogP contribution in [0.3, 0.4) is 0 Å². The maximum absolute atomic E-state index is 12.8. The molecular formula is C18H24N2O3. The summed E-state index contributed by atoms with van der Waals surface area (Å²) in [4.78, 5) is 37.3. The highest BCUT2D eigenvalue weighted by Gasteiger charge is 2.40. The van der Waals surface area contributed by atoms with Gasteiger partial charge in [0.05, 0.1) is 6.04 Å². The molecule has 23 heavy (non-hydrogen) atoms. The van der Waals surface area contributed by atoms with Crippen LogP contribution in [-0.4, -0.2) is 36.1 Å². The van der Waals surface area contributed by atoms with E-state index in [2.05, 4.69) is 25.2 Å². The highest BCUT2D eigenvalue weighted by molar-refractivity contribution is 6.02. The van der Waals surface area contributed by atoms with Crippen molar-refractivity contribution in [3.8, 4) is 0 Å². The van der Waals surface area contributed by atoms with E-state index in [4.69, 9.17) is 0 Å². The van der Waals surface area contributed by atoms with Crippen LogP contribution in [0.4, 0.5) is 0 Å². The van der Waals surface area contributed by atoms with Crippen LogP contribution in [0.1, 0.15) is 67.1 Å². The molecule has 1 aromatic carbocycles. The van der Waals surface area contributed by atoms with Crippen LogP contribution < -0.4 is 5.32 Å². The highest BCUT2D eigenvalue weighted by atomic mass is 16.2. The fraction of sp³-hybridized carbons (Fsp3) is 0.500. The van der Waals surface area contributed by atoms with Gasteiger partial charge < -0.3 is 15.0 Å². The van der Waals surface area contributed by atoms with Crippen molar-refractivity contribution in [2.24, 2.45) is 0 Å². The second kappa shape index (κ2) is 6.94. The standard InChI is InChI=1S/C18H24N2O3/c1-11(2)13-7-8-14-15(10-13)12(3)20(18(14)23)16(6-5-9-21)17(22)19-4/h7-12,16H,5-6H2,1-4H3,(H,19,22). The molecule has 1 aliphatic rings. The average Bonchev–Trinajstić information content (AvgIpc) is 2.79. The predicted octanol–water partition coefficient (Wildman–Crippen LogP) is 2.42. The molecule has 0 saturated carbocycles. The molecule has 0 aliphatic carbocycles. The third-order valence-corrected chi connectivity index (χ3v) is 4.52. The second-order valence-corrected chi connectivity index (χ2v) is 6.26. The number of nitrogens with zero attached hydrogens (tertiary/aromatic N) is 1. The summed E-state index contributed by atoms with van der Waals surface area (Å²) in [5.41, 5.74) is 2.79. The molecule has 1 heterocycles. The Bertz CT molecular complexity index is 625. The molecule has 0 radical (unpaired) electrons. The minimum Gasteiger partial charge on any atom is -0.357 e. The van der Waals surface area contributed by atoms with E-state index in [9.17, 15) is 14.4 Å². The summed E-state index contributed by atoms with van der Waals surface area (Å²) in [5.74, 6) is 0.00713. The summed E-state index contributed by atoms with van der Waals surface area (Å²) in [6.07, 6.45) is 1.37. The number of likely N-dealkylation sites (N-methyl/N-ethyl adjacent to an activating group) is 1. The maximum atomic E-state index is 12.8. The summed E-state index contributed by atoms with van der Waals surface area (Å²) in [7, 11) is 1.55. The van der Waals surface area contributed by atoms with Crippen LogP contribution in [0.2, 0.25) is 0 Å². The fourth-order valence-electron chi connectivity index (χ4n) is 3.15. The zero-order chi connectivity index (χ0) is 17.1. The average molecular weight is 316 g/mol. The number of aldehydes is 1. The summed E-state index contributed by atoms with van der Waals surface area (Å²) in [6, 6.07) is 5.08. The molecule has 0 aromatic heterocycles. The number of carbonyl (C=O) groups excluding carboxylic acids is 3. The fourth-order valence-corrected chi connectivity index (χ4v) is 3.15. The zero-order valence-corrected chi connectivity index (χ0v) is 14.1. The van der Waals surface area contributed by atoms with Gasteiger partial charge in [0.15, 0.2) is 0 Å². The van der Waals surface area contributed by atoms with Gasteiger partial charge in [-0.15, -0.1) is 0 Å². The molecule has 0 saturated heterocycles. The highest BCUT2D eigenvalue weighted by Crippen LogP contribution is 2.37. The third-order valence-electron chi connectivity index (χ3n) is 4.52. The monoisotopic (exact) mass is 316 g/mol. The third kappa shape index (κ3) is 3.14. The Kier molecular flexibility index (Phi) is 5.19. The van der Waals surface area contributed by atoms with Crippen LogP contribution >= 0.6 is 0 Å². The molecule has 124 valence electrons. The first-order chi connectivity index (χ1) is 10.9. The van der Waals surface area contributed by atoms with Crippen LogP contribution in [0, 0.1) is 0 Å². The van der Waals surface area contributed by atoms with Crippen molar-refractivity contribution in [3.05, 3.63) is 34.9 Å². The SMILES string of the molecule is CNC(=O)C(CCC=O)N1C(=O)c2ccc(C(C)C)cc2C1C. The van der Waals surface area contributed by atoms with E-state index in [0.717, 1.165) is 11.8 Å². The molecule has 2 atom stereocenters. The van der Waals surface area contributed by atoms with Crippen molar-refractivity contribution in [2.75, 3.05) is 7.05 Å². The van der Waals surface area contributed by atoms with Crippen molar-refractivity contribution in [1.82, 2.24) is 10.2 Å².